The molecule has 2 aromatic rings. The first kappa shape index (κ1) is 22.7. The van der Waals surface area contributed by atoms with E-state index in [4.69, 9.17) is 19.8 Å². The summed E-state index contributed by atoms with van der Waals surface area (Å²) in [5.41, 5.74) is 0. The molecule has 0 amide bonds. The van der Waals surface area contributed by atoms with E-state index in [0.717, 1.165) is 88.0 Å². The zero-order valence-corrected chi connectivity index (χ0v) is 19.7. The van der Waals surface area contributed by atoms with Gasteiger partial charge >= 0.3 is 0 Å². The molecule has 11 nitrogen and oxygen atoms in total. The summed E-state index contributed by atoms with van der Waals surface area (Å²) < 4.78 is 9.47. The van der Waals surface area contributed by atoms with E-state index < -0.39 is 0 Å². The standard InChI is InChI=1S/C21H36N10O/c1-15(2)20-25-18-6-5-17(14-31(18)28-20)24-21(22-7-8-30-9-11-32-12-10-30)23-13-19-27-26-16(3)29(19)4/h15,17H,5-14H2,1-4H3,(H2,22,23,24). The molecule has 1 fully saturated rings. The van der Waals surface area contributed by atoms with Crippen LogP contribution < -0.4 is 10.6 Å². The summed E-state index contributed by atoms with van der Waals surface area (Å²) in [6.45, 7) is 12.9. The van der Waals surface area contributed by atoms with Crippen molar-refractivity contribution in [2.45, 2.75) is 58.7 Å². The molecule has 4 heterocycles. The van der Waals surface area contributed by atoms with Gasteiger partial charge in [-0.15, -0.1) is 10.2 Å². The van der Waals surface area contributed by atoms with Gasteiger partial charge in [-0.1, -0.05) is 13.8 Å². The number of ether oxygens (including phenoxy) is 1. The number of aryl methyl sites for hydroxylation is 2. The molecule has 1 unspecified atom stereocenters. The van der Waals surface area contributed by atoms with Gasteiger partial charge in [-0.05, 0) is 13.3 Å². The average molecular weight is 445 g/mol. The Balaban J connectivity index is 1.39. The second-order valence-corrected chi connectivity index (χ2v) is 8.87. The third-order valence-corrected chi connectivity index (χ3v) is 6.12. The minimum atomic E-state index is 0.250. The van der Waals surface area contributed by atoms with Gasteiger partial charge in [0.05, 0.1) is 19.8 Å². The summed E-state index contributed by atoms with van der Waals surface area (Å²) in [7, 11) is 1.97. The van der Waals surface area contributed by atoms with E-state index in [9.17, 15) is 0 Å². The summed E-state index contributed by atoms with van der Waals surface area (Å²) in [5, 5.41) is 20.2. The number of nitrogens with one attached hydrogen (secondary N) is 2. The van der Waals surface area contributed by atoms with Gasteiger partial charge in [0.25, 0.3) is 0 Å². The molecular formula is C21H36N10O. The third-order valence-electron chi connectivity index (χ3n) is 6.12. The van der Waals surface area contributed by atoms with Crippen LogP contribution in [0.5, 0.6) is 0 Å². The molecule has 2 aliphatic rings. The van der Waals surface area contributed by atoms with Crippen LogP contribution in [0.2, 0.25) is 0 Å². The first-order chi connectivity index (χ1) is 15.5. The average Bonchev–Trinajstić information content (AvgIpc) is 3.36. The smallest absolute Gasteiger partial charge is 0.192 e. The van der Waals surface area contributed by atoms with Crippen molar-refractivity contribution in [2.75, 3.05) is 39.4 Å². The summed E-state index contributed by atoms with van der Waals surface area (Å²) >= 11 is 0. The van der Waals surface area contributed by atoms with Gasteiger partial charge < -0.3 is 19.9 Å². The van der Waals surface area contributed by atoms with Gasteiger partial charge in [-0.25, -0.2) is 14.7 Å². The van der Waals surface area contributed by atoms with E-state index in [1.54, 1.807) is 0 Å². The number of aliphatic imine (C=N–C) groups is 1. The fraction of sp³-hybridized carbons (Fsp3) is 0.762. The number of aromatic nitrogens is 6. The molecule has 0 aromatic carbocycles. The molecule has 0 saturated carbocycles. The van der Waals surface area contributed by atoms with Gasteiger partial charge in [-0.2, -0.15) is 5.10 Å². The Labute approximate surface area is 189 Å². The minimum absolute atomic E-state index is 0.250. The van der Waals surface area contributed by atoms with E-state index in [1.807, 2.05) is 23.2 Å². The molecule has 0 spiro atoms. The Morgan fingerprint density at radius 1 is 1.25 bits per heavy atom. The second-order valence-electron chi connectivity index (χ2n) is 8.87. The first-order valence-corrected chi connectivity index (χ1v) is 11.6. The van der Waals surface area contributed by atoms with Gasteiger partial charge in [0.2, 0.25) is 0 Å². The lowest BCUT2D eigenvalue weighted by Crippen LogP contribution is -2.49. The lowest BCUT2D eigenvalue weighted by Gasteiger charge is -2.28. The summed E-state index contributed by atoms with van der Waals surface area (Å²) in [4.78, 5) is 11.9. The normalized spacial score (nSPS) is 19.9. The summed E-state index contributed by atoms with van der Waals surface area (Å²) in [6.07, 6.45) is 1.92. The van der Waals surface area contributed by atoms with Gasteiger partial charge in [0.1, 0.15) is 18.2 Å². The SMILES string of the molecule is Cc1nnc(CN=C(NCCN2CCOCC2)NC2CCc3nc(C(C)C)nn3C2)n1C. The molecule has 4 rings (SSSR count). The van der Waals surface area contributed by atoms with Gasteiger partial charge in [-0.3, -0.25) is 4.90 Å². The predicted octanol–water partition coefficient (Wildman–Crippen LogP) is 0.221. The first-order valence-electron chi connectivity index (χ1n) is 11.6. The Hall–Kier alpha value is -2.53. The van der Waals surface area contributed by atoms with E-state index >= 15 is 0 Å². The van der Waals surface area contributed by atoms with Crippen LogP contribution in [0.25, 0.3) is 0 Å². The third kappa shape index (κ3) is 5.63. The topological polar surface area (TPSA) is 110 Å². The Kier molecular flexibility index (Phi) is 7.36. The van der Waals surface area contributed by atoms with Crippen LogP contribution in [0.1, 0.15) is 49.5 Å². The molecule has 1 atom stereocenters. The fourth-order valence-electron chi connectivity index (χ4n) is 3.93. The second kappa shape index (κ2) is 10.4. The van der Waals surface area contributed by atoms with E-state index in [2.05, 4.69) is 39.6 Å². The highest BCUT2D eigenvalue weighted by atomic mass is 16.5. The molecule has 1 saturated heterocycles. The van der Waals surface area contributed by atoms with Crippen molar-refractivity contribution in [1.29, 1.82) is 0 Å². The molecule has 0 radical (unpaired) electrons. The Bertz CT molecular complexity index is 912. The monoisotopic (exact) mass is 444 g/mol. The van der Waals surface area contributed by atoms with Gasteiger partial charge in [0, 0.05) is 51.6 Å². The summed E-state index contributed by atoms with van der Waals surface area (Å²) in [5.74, 6) is 4.89. The van der Waals surface area contributed by atoms with Crippen molar-refractivity contribution in [3.05, 3.63) is 23.3 Å². The van der Waals surface area contributed by atoms with Gasteiger partial charge in [0.15, 0.2) is 17.6 Å². The van der Waals surface area contributed by atoms with Crippen molar-refractivity contribution in [2.24, 2.45) is 12.0 Å². The highest BCUT2D eigenvalue weighted by Crippen LogP contribution is 2.17. The van der Waals surface area contributed by atoms with Crippen molar-refractivity contribution in [3.8, 4) is 0 Å². The lowest BCUT2D eigenvalue weighted by atomic mass is 10.1. The van der Waals surface area contributed by atoms with Crippen LogP contribution in [0.4, 0.5) is 0 Å². The van der Waals surface area contributed by atoms with Crippen molar-refractivity contribution >= 4 is 5.96 Å². The quantitative estimate of drug-likeness (QED) is 0.461. The molecule has 2 N–H and O–H groups in total. The Morgan fingerprint density at radius 3 is 2.78 bits per heavy atom. The number of nitrogens with zero attached hydrogens (tertiary/aromatic N) is 8. The maximum absolute atomic E-state index is 5.45. The molecule has 2 aromatic heterocycles. The molecule has 2 aliphatic heterocycles. The number of hydrogen-bond donors (Lipinski definition) is 2. The number of guanidine groups is 1. The maximum Gasteiger partial charge on any atom is 0.192 e. The predicted molar refractivity (Wildman–Crippen MR) is 121 cm³/mol. The largest absolute Gasteiger partial charge is 0.379 e. The van der Waals surface area contributed by atoms with Crippen molar-refractivity contribution in [1.82, 2.24) is 45.1 Å². The van der Waals surface area contributed by atoms with Crippen LogP contribution >= 0.6 is 0 Å². The number of fused-ring (bicyclic) bond motifs is 1. The molecular weight excluding hydrogens is 408 g/mol. The molecule has 0 aliphatic carbocycles. The van der Waals surface area contributed by atoms with Crippen LogP contribution in [0, 0.1) is 6.92 Å². The lowest BCUT2D eigenvalue weighted by molar-refractivity contribution is 0.0389. The summed E-state index contributed by atoms with van der Waals surface area (Å²) in [6, 6.07) is 0.250. The van der Waals surface area contributed by atoms with Crippen LogP contribution in [-0.2, 0) is 31.3 Å². The zero-order valence-electron chi connectivity index (χ0n) is 19.7. The Morgan fingerprint density at radius 2 is 2.06 bits per heavy atom. The minimum Gasteiger partial charge on any atom is -0.379 e. The maximum atomic E-state index is 5.45. The molecule has 176 valence electrons. The number of morpholine rings is 1. The molecule has 32 heavy (non-hydrogen) atoms. The highest BCUT2D eigenvalue weighted by Gasteiger charge is 2.23. The van der Waals surface area contributed by atoms with E-state index in [0.29, 0.717) is 12.5 Å². The van der Waals surface area contributed by atoms with Crippen LogP contribution in [0.15, 0.2) is 4.99 Å². The molecule has 11 heteroatoms. The zero-order chi connectivity index (χ0) is 22.5. The highest BCUT2D eigenvalue weighted by molar-refractivity contribution is 5.80. The number of hydrogen-bond acceptors (Lipinski definition) is 7. The fourth-order valence-corrected chi connectivity index (χ4v) is 3.93. The van der Waals surface area contributed by atoms with E-state index in [-0.39, 0.29) is 6.04 Å². The van der Waals surface area contributed by atoms with Crippen molar-refractivity contribution in [3.63, 3.8) is 0 Å². The molecule has 0 bridgehead atoms. The van der Waals surface area contributed by atoms with E-state index in [1.165, 1.54) is 0 Å². The van der Waals surface area contributed by atoms with Crippen LogP contribution in [0.3, 0.4) is 0 Å². The van der Waals surface area contributed by atoms with Crippen LogP contribution in [-0.4, -0.2) is 85.8 Å². The number of rotatable bonds is 7. The van der Waals surface area contributed by atoms with Crippen molar-refractivity contribution < 1.29 is 4.74 Å².